The van der Waals surface area contributed by atoms with Crippen molar-refractivity contribution in [1.82, 2.24) is 8.61 Å². The van der Waals surface area contributed by atoms with Crippen LogP contribution < -0.4 is 5.73 Å². The van der Waals surface area contributed by atoms with Crippen molar-refractivity contribution in [3.63, 3.8) is 0 Å². The van der Waals surface area contributed by atoms with Crippen LogP contribution >= 0.6 is 0 Å². The molecule has 0 spiro atoms. The molecule has 0 radical (unpaired) electrons. The summed E-state index contributed by atoms with van der Waals surface area (Å²) in [5.41, 5.74) is 5.40. The van der Waals surface area contributed by atoms with E-state index in [2.05, 4.69) is 0 Å². The molecule has 0 atom stereocenters. The predicted octanol–water partition coefficient (Wildman–Crippen LogP) is 0.403. The molecule has 1 aliphatic rings. The number of likely N-dealkylation sites (N-methyl/N-ethyl adjacent to an activating group) is 1. The molecule has 19 heavy (non-hydrogen) atoms. The zero-order valence-electron chi connectivity index (χ0n) is 12.3. The number of rotatable bonds is 7. The van der Waals surface area contributed by atoms with Gasteiger partial charge in [0.15, 0.2) is 0 Å². The molecule has 0 unspecified atom stereocenters. The van der Waals surface area contributed by atoms with Crippen molar-refractivity contribution in [3.05, 3.63) is 0 Å². The minimum absolute atomic E-state index is 0.345. The molecule has 0 aliphatic carbocycles. The molecule has 7 heteroatoms. The summed E-state index contributed by atoms with van der Waals surface area (Å²) in [5, 5.41) is 0. The smallest absolute Gasteiger partial charge is 0.282 e. The first-order valence-electron chi connectivity index (χ1n) is 7.04. The molecular formula is C12H27N3O3S. The summed E-state index contributed by atoms with van der Waals surface area (Å²) < 4.78 is 33.9. The van der Waals surface area contributed by atoms with E-state index in [4.69, 9.17) is 10.5 Å². The van der Waals surface area contributed by atoms with E-state index in [-0.39, 0.29) is 0 Å². The lowest BCUT2D eigenvalue weighted by atomic mass is 9.93. The van der Waals surface area contributed by atoms with Crippen LogP contribution in [0.2, 0.25) is 0 Å². The summed E-state index contributed by atoms with van der Waals surface area (Å²) in [5.74, 6) is 0. The summed E-state index contributed by atoms with van der Waals surface area (Å²) in [6.45, 7) is 8.42. The van der Waals surface area contributed by atoms with Crippen LogP contribution in [-0.4, -0.2) is 62.0 Å². The molecular weight excluding hydrogens is 266 g/mol. The normalized spacial score (nSPS) is 19.0. The highest BCUT2D eigenvalue weighted by Crippen LogP contribution is 2.27. The molecule has 1 saturated heterocycles. The van der Waals surface area contributed by atoms with E-state index in [0.29, 0.717) is 39.4 Å². The SMILES string of the molecule is CCN(C(CC)(CC)CN)S(=O)(=O)N1CCOCC1. The third-order valence-electron chi connectivity index (χ3n) is 4.09. The van der Waals surface area contributed by atoms with Gasteiger partial charge in [0.25, 0.3) is 10.2 Å². The van der Waals surface area contributed by atoms with Crippen molar-refractivity contribution in [2.75, 3.05) is 39.4 Å². The maximum absolute atomic E-state index is 12.8. The Morgan fingerprint density at radius 2 is 1.74 bits per heavy atom. The van der Waals surface area contributed by atoms with Crippen molar-refractivity contribution in [2.45, 2.75) is 39.2 Å². The van der Waals surface area contributed by atoms with Gasteiger partial charge >= 0.3 is 0 Å². The summed E-state index contributed by atoms with van der Waals surface area (Å²) >= 11 is 0. The van der Waals surface area contributed by atoms with Crippen LogP contribution in [0.1, 0.15) is 33.6 Å². The van der Waals surface area contributed by atoms with Gasteiger partial charge in [-0.1, -0.05) is 20.8 Å². The zero-order valence-corrected chi connectivity index (χ0v) is 13.1. The van der Waals surface area contributed by atoms with Crippen LogP contribution in [0.3, 0.4) is 0 Å². The van der Waals surface area contributed by atoms with Crippen LogP contribution in [0.25, 0.3) is 0 Å². The average Bonchev–Trinajstić information content (AvgIpc) is 2.45. The minimum Gasteiger partial charge on any atom is -0.379 e. The van der Waals surface area contributed by atoms with Crippen molar-refractivity contribution in [3.8, 4) is 0 Å². The number of nitrogens with two attached hydrogens (primary N) is 1. The number of morpholine rings is 1. The number of nitrogens with zero attached hydrogens (tertiary/aromatic N) is 2. The van der Waals surface area contributed by atoms with E-state index in [1.165, 1.54) is 4.31 Å². The Morgan fingerprint density at radius 1 is 1.21 bits per heavy atom. The third kappa shape index (κ3) is 3.28. The highest BCUT2D eigenvalue weighted by molar-refractivity contribution is 7.86. The quantitative estimate of drug-likeness (QED) is 0.737. The molecule has 2 N–H and O–H groups in total. The average molecular weight is 293 g/mol. The van der Waals surface area contributed by atoms with Gasteiger partial charge in [0, 0.05) is 31.7 Å². The molecule has 1 rings (SSSR count). The van der Waals surface area contributed by atoms with Gasteiger partial charge in [0.05, 0.1) is 13.2 Å². The minimum atomic E-state index is -3.46. The van der Waals surface area contributed by atoms with Crippen molar-refractivity contribution < 1.29 is 13.2 Å². The first-order valence-corrected chi connectivity index (χ1v) is 8.44. The van der Waals surface area contributed by atoms with Gasteiger partial charge in [0.2, 0.25) is 0 Å². The van der Waals surface area contributed by atoms with Crippen molar-refractivity contribution in [1.29, 1.82) is 0 Å². The molecule has 0 aromatic heterocycles. The second-order valence-electron chi connectivity index (χ2n) is 4.82. The van der Waals surface area contributed by atoms with Crippen LogP contribution in [0.4, 0.5) is 0 Å². The van der Waals surface area contributed by atoms with Crippen LogP contribution in [-0.2, 0) is 14.9 Å². The van der Waals surface area contributed by atoms with E-state index in [9.17, 15) is 8.42 Å². The third-order valence-corrected chi connectivity index (χ3v) is 6.31. The van der Waals surface area contributed by atoms with Gasteiger partial charge in [-0.15, -0.1) is 0 Å². The molecule has 0 bridgehead atoms. The lowest BCUT2D eigenvalue weighted by Crippen LogP contribution is -2.60. The van der Waals surface area contributed by atoms with Crippen LogP contribution in [0, 0.1) is 0 Å². The second kappa shape index (κ2) is 6.99. The van der Waals surface area contributed by atoms with Crippen molar-refractivity contribution in [2.24, 2.45) is 5.73 Å². The summed E-state index contributed by atoms with van der Waals surface area (Å²) in [6, 6.07) is 0. The maximum Gasteiger partial charge on any atom is 0.282 e. The Labute approximate surface area is 117 Å². The van der Waals surface area contributed by atoms with E-state index in [1.54, 1.807) is 4.31 Å². The van der Waals surface area contributed by atoms with Gasteiger partial charge in [-0.2, -0.15) is 17.0 Å². The molecule has 1 heterocycles. The summed E-state index contributed by atoms with van der Waals surface area (Å²) in [4.78, 5) is 0. The fourth-order valence-corrected chi connectivity index (χ4v) is 4.69. The van der Waals surface area contributed by atoms with E-state index in [0.717, 1.165) is 12.8 Å². The fraction of sp³-hybridized carbons (Fsp3) is 1.00. The van der Waals surface area contributed by atoms with E-state index in [1.807, 2.05) is 20.8 Å². The first-order chi connectivity index (χ1) is 8.98. The summed E-state index contributed by atoms with van der Waals surface area (Å²) in [6.07, 6.45) is 1.44. The molecule has 1 aliphatic heterocycles. The van der Waals surface area contributed by atoms with Crippen LogP contribution in [0.5, 0.6) is 0 Å². The molecule has 0 amide bonds. The fourth-order valence-electron chi connectivity index (χ4n) is 2.65. The zero-order chi connectivity index (χ0) is 14.5. The standard InChI is InChI=1S/C12H27N3O3S/c1-4-12(5-2,11-13)15(6-3)19(16,17)14-7-9-18-10-8-14/h4-11,13H2,1-3H3. The maximum atomic E-state index is 12.8. The Kier molecular flexibility index (Phi) is 6.19. The molecule has 0 aromatic carbocycles. The molecule has 1 fully saturated rings. The predicted molar refractivity (Wildman–Crippen MR) is 76.1 cm³/mol. The Balaban J connectivity index is 3.05. The van der Waals surface area contributed by atoms with Crippen molar-refractivity contribution >= 4 is 10.2 Å². The lowest BCUT2D eigenvalue weighted by molar-refractivity contribution is 0.0658. The summed E-state index contributed by atoms with van der Waals surface area (Å²) in [7, 11) is -3.46. The number of hydrogen-bond donors (Lipinski definition) is 1. The Hall–Kier alpha value is -0.210. The Morgan fingerprint density at radius 3 is 2.11 bits per heavy atom. The lowest BCUT2D eigenvalue weighted by Gasteiger charge is -2.43. The highest BCUT2D eigenvalue weighted by atomic mass is 32.2. The largest absolute Gasteiger partial charge is 0.379 e. The van der Waals surface area contributed by atoms with Gasteiger partial charge in [-0.25, -0.2) is 0 Å². The Bertz CT molecular complexity index is 354. The van der Waals surface area contributed by atoms with E-state index >= 15 is 0 Å². The van der Waals surface area contributed by atoms with Gasteiger partial charge in [-0.3, -0.25) is 0 Å². The number of ether oxygens (including phenoxy) is 1. The van der Waals surface area contributed by atoms with Crippen LogP contribution in [0.15, 0.2) is 0 Å². The van der Waals surface area contributed by atoms with Gasteiger partial charge in [0.1, 0.15) is 0 Å². The molecule has 0 aromatic rings. The van der Waals surface area contributed by atoms with Gasteiger partial charge in [-0.05, 0) is 12.8 Å². The first kappa shape index (κ1) is 16.8. The monoisotopic (exact) mass is 293 g/mol. The van der Waals surface area contributed by atoms with E-state index < -0.39 is 15.7 Å². The molecule has 0 saturated carbocycles. The highest BCUT2D eigenvalue weighted by Gasteiger charge is 2.42. The van der Waals surface area contributed by atoms with Gasteiger partial charge < -0.3 is 10.5 Å². The second-order valence-corrected chi connectivity index (χ2v) is 6.67. The number of hydrogen-bond acceptors (Lipinski definition) is 4. The molecule has 6 nitrogen and oxygen atoms in total. The molecule has 114 valence electrons. The topological polar surface area (TPSA) is 75.9 Å².